The van der Waals surface area contributed by atoms with E-state index < -0.39 is 0 Å². The fraction of sp³-hybridized carbons (Fsp3) is 0.533. The second kappa shape index (κ2) is 7.62. The molecule has 0 aliphatic carbocycles. The zero-order valence-electron chi connectivity index (χ0n) is 11.9. The van der Waals surface area contributed by atoms with Gasteiger partial charge in [0.1, 0.15) is 0 Å². The molecule has 1 amide bonds. The van der Waals surface area contributed by atoms with E-state index >= 15 is 0 Å². The number of carbonyl (C=O) groups excluding carboxylic acids is 1. The van der Waals surface area contributed by atoms with Crippen LogP contribution in [0.1, 0.15) is 13.3 Å². The maximum absolute atomic E-state index is 12.0. The van der Waals surface area contributed by atoms with Gasteiger partial charge in [0.25, 0.3) is 0 Å². The van der Waals surface area contributed by atoms with Crippen molar-refractivity contribution < 1.29 is 4.79 Å². The van der Waals surface area contributed by atoms with Crippen LogP contribution < -0.4 is 5.32 Å². The van der Waals surface area contributed by atoms with Crippen LogP contribution in [-0.2, 0) is 4.79 Å². The van der Waals surface area contributed by atoms with Crippen LogP contribution in [0, 0.1) is 0 Å². The van der Waals surface area contributed by atoms with E-state index in [4.69, 9.17) is 11.6 Å². The van der Waals surface area contributed by atoms with Gasteiger partial charge in [0.2, 0.25) is 5.91 Å². The first kappa shape index (κ1) is 15.3. The molecule has 0 bridgehead atoms. The summed E-state index contributed by atoms with van der Waals surface area (Å²) in [6.45, 7) is 7.87. The van der Waals surface area contributed by atoms with E-state index in [1.54, 1.807) is 12.1 Å². The Balaban J connectivity index is 1.74. The largest absolute Gasteiger partial charge is 0.325 e. The maximum atomic E-state index is 12.0. The fourth-order valence-electron chi connectivity index (χ4n) is 2.42. The van der Waals surface area contributed by atoms with E-state index in [1.807, 2.05) is 12.1 Å². The highest BCUT2D eigenvalue weighted by Gasteiger charge is 2.18. The van der Waals surface area contributed by atoms with Crippen LogP contribution in [0.5, 0.6) is 0 Å². The first-order valence-corrected chi connectivity index (χ1v) is 7.55. The van der Waals surface area contributed by atoms with E-state index in [0.717, 1.165) is 38.4 Å². The van der Waals surface area contributed by atoms with Gasteiger partial charge in [0.15, 0.2) is 0 Å². The van der Waals surface area contributed by atoms with Crippen LogP contribution in [-0.4, -0.2) is 55.0 Å². The zero-order chi connectivity index (χ0) is 14.4. The number of rotatable bonds is 5. The number of anilines is 1. The molecule has 1 aliphatic heterocycles. The first-order valence-electron chi connectivity index (χ1n) is 7.17. The van der Waals surface area contributed by atoms with Gasteiger partial charge < -0.3 is 10.2 Å². The van der Waals surface area contributed by atoms with Crippen molar-refractivity contribution in [1.29, 1.82) is 0 Å². The molecule has 0 radical (unpaired) electrons. The lowest BCUT2D eigenvalue weighted by molar-refractivity contribution is -0.117. The molecule has 0 spiro atoms. The molecule has 0 unspecified atom stereocenters. The Hall–Kier alpha value is -1.10. The molecule has 20 heavy (non-hydrogen) atoms. The van der Waals surface area contributed by atoms with E-state index in [0.29, 0.717) is 11.6 Å². The number of hydrogen-bond acceptors (Lipinski definition) is 3. The Kier molecular flexibility index (Phi) is 5.83. The second-order valence-electron chi connectivity index (χ2n) is 5.17. The van der Waals surface area contributed by atoms with E-state index in [2.05, 4.69) is 22.0 Å². The molecule has 1 fully saturated rings. The third kappa shape index (κ3) is 4.78. The minimum atomic E-state index is 0.0382. The van der Waals surface area contributed by atoms with Crippen molar-refractivity contribution in [3.8, 4) is 0 Å². The summed E-state index contributed by atoms with van der Waals surface area (Å²) in [4.78, 5) is 16.6. The van der Waals surface area contributed by atoms with E-state index in [-0.39, 0.29) is 5.91 Å². The molecule has 0 aromatic heterocycles. The highest BCUT2D eigenvalue weighted by molar-refractivity contribution is 6.30. The third-order valence-corrected chi connectivity index (χ3v) is 3.75. The molecule has 1 saturated heterocycles. The molecule has 4 nitrogen and oxygen atoms in total. The summed E-state index contributed by atoms with van der Waals surface area (Å²) >= 11 is 5.82. The number of carbonyl (C=O) groups is 1. The van der Waals surface area contributed by atoms with Crippen molar-refractivity contribution in [2.24, 2.45) is 0 Å². The van der Waals surface area contributed by atoms with Gasteiger partial charge in [-0.15, -0.1) is 0 Å². The average Bonchev–Trinajstić information content (AvgIpc) is 2.44. The third-order valence-electron chi connectivity index (χ3n) is 3.50. The fourth-order valence-corrected chi connectivity index (χ4v) is 2.55. The van der Waals surface area contributed by atoms with E-state index in [1.165, 1.54) is 6.42 Å². The molecule has 1 aliphatic rings. The van der Waals surface area contributed by atoms with Crippen molar-refractivity contribution in [2.45, 2.75) is 13.3 Å². The summed E-state index contributed by atoms with van der Waals surface area (Å²) in [5.41, 5.74) is 0.795. The summed E-state index contributed by atoms with van der Waals surface area (Å²) in [5, 5.41) is 3.58. The van der Waals surface area contributed by atoms with Crippen molar-refractivity contribution in [3.63, 3.8) is 0 Å². The molecule has 1 aromatic carbocycles. The Morgan fingerprint density at radius 1 is 1.15 bits per heavy atom. The predicted molar refractivity (Wildman–Crippen MR) is 83.3 cm³/mol. The summed E-state index contributed by atoms with van der Waals surface area (Å²) in [5.74, 6) is 0.0382. The Morgan fingerprint density at radius 2 is 1.75 bits per heavy atom. The lowest BCUT2D eigenvalue weighted by atomic mass is 10.3. The van der Waals surface area contributed by atoms with Crippen molar-refractivity contribution in [2.75, 3.05) is 44.6 Å². The van der Waals surface area contributed by atoms with Crippen molar-refractivity contribution >= 4 is 23.2 Å². The molecule has 1 aromatic rings. The van der Waals surface area contributed by atoms with Gasteiger partial charge in [-0.1, -0.05) is 18.5 Å². The van der Waals surface area contributed by atoms with Gasteiger partial charge in [0.05, 0.1) is 6.54 Å². The summed E-state index contributed by atoms with van der Waals surface area (Å²) in [6.07, 6.45) is 1.19. The monoisotopic (exact) mass is 295 g/mol. The molecular formula is C15H22ClN3O. The van der Waals surface area contributed by atoms with Crippen LogP contribution in [0.15, 0.2) is 24.3 Å². The highest BCUT2D eigenvalue weighted by atomic mass is 35.5. The van der Waals surface area contributed by atoms with Gasteiger partial charge >= 0.3 is 0 Å². The smallest absolute Gasteiger partial charge is 0.238 e. The molecule has 0 atom stereocenters. The lowest BCUT2D eigenvalue weighted by Gasteiger charge is -2.34. The number of piperazine rings is 1. The molecule has 2 rings (SSSR count). The topological polar surface area (TPSA) is 35.6 Å². The molecule has 110 valence electrons. The Bertz CT molecular complexity index is 427. The number of hydrogen-bond donors (Lipinski definition) is 1. The van der Waals surface area contributed by atoms with Gasteiger partial charge in [-0.2, -0.15) is 0 Å². The minimum absolute atomic E-state index is 0.0382. The number of nitrogens with one attached hydrogen (secondary N) is 1. The van der Waals surface area contributed by atoms with Crippen LogP contribution in [0.2, 0.25) is 5.02 Å². The van der Waals surface area contributed by atoms with Crippen LogP contribution in [0.3, 0.4) is 0 Å². The number of amides is 1. The number of benzene rings is 1. The number of halogens is 1. The molecular weight excluding hydrogens is 274 g/mol. The van der Waals surface area contributed by atoms with Crippen LogP contribution >= 0.6 is 11.6 Å². The Labute approximate surface area is 125 Å². The SMILES string of the molecule is CCCN1CCN(CC(=O)Nc2ccc(Cl)cc2)CC1. The number of nitrogens with zero attached hydrogens (tertiary/aromatic N) is 2. The minimum Gasteiger partial charge on any atom is -0.325 e. The summed E-state index contributed by atoms with van der Waals surface area (Å²) in [7, 11) is 0. The van der Waals surface area contributed by atoms with Gasteiger partial charge in [-0.05, 0) is 37.2 Å². The normalized spacial score (nSPS) is 17.1. The van der Waals surface area contributed by atoms with Gasteiger partial charge in [0, 0.05) is 36.9 Å². The second-order valence-corrected chi connectivity index (χ2v) is 5.61. The summed E-state index contributed by atoms with van der Waals surface area (Å²) in [6, 6.07) is 7.19. The Morgan fingerprint density at radius 3 is 2.35 bits per heavy atom. The van der Waals surface area contributed by atoms with Gasteiger partial charge in [-0.25, -0.2) is 0 Å². The highest BCUT2D eigenvalue weighted by Crippen LogP contribution is 2.13. The quantitative estimate of drug-likeness (QED) is 0.905. The lowest BCUT2D eigenvalue weighted by Crippen LogP contribution is -2.48. The average molecular weight is 296 g/mol. The van der Waals surface area contributed by atoms with Crippen LogP contribution in [0.4, 0.5) is 5.69 Å². The maximum Gasteiger partial charge on any atom is 0.238 e. The molecule has 1 N–H and O–H groups in total. The van der Waals surface area contributed by atoms with Gasteiger partial charge in [-0.3, -0.25) is 9.69 Å². The zero-order valence-corrected chi connectivity index (χ0v) is 12.7. The predicted octanol–water partition coefficient (Wildman–Crippen LogP) is 2.31. The van der Waals surface area contributed by atoms with Crippen molar-refractivity contribution in [3.05, 3.63) is 29.3 Å². The molecule has 1 heterocycles. The summed E-state index contributed by atoms with van der Waals surface area (Å²) < 4.78 is 0. The first-order chi connectivity index (χ1) is 9.67. The van der Waals surface area contributed by atoms with Crippen LogP contribution in [0.25, 0.3) is 0 Å². The molecule has 0 saturated carbocycles. The standard InChI is InChI=1S/C15H22ClN3O/c1-2-7-18-8-10-19(11-9-18)12-15(20)17-14-5-3-13(16)4-6-14/h3-6H,2,7-12H2,1H3,(H,17,20). The molecule has 5 heteroatoms. The van der Waals surface area contributed by atoms with E-state index in [9.17, 15) is 4.79 Å². The van der Waals surface area contributed by atoms with Crippen molar-refractivity contribution in [1.82, 2.24) is 9.80 Å².